The lowest BCUT2D eigenvalue weighted by molar-refractivity contribution is -0.118. The van der Waals surface area contributed by atoms with Crippen LogP contribution in [0.25, 0.3) is 0 Å². The van der Waals surface area contributed by atoms with Crippen LogP contribution in [0.4, 0.5) is 10.1 Å². The molecule has 0 aliphatic heterocycles. The molecular formula is C18H19BrFNO4. The molecule has 0 saturated heterocycles. The van der Waals surface area contributed by atoms with Crippen LogP contribution < -0.4 is 19.5 Å². The highest BCUT2D eigenvalue weighted by molar-refractivity contribution is 9.10. The summed E-state index contributed by atoms with van der Waals surface area (Å²) in [5.41, 5.74) is 0.470. The average molecular weight is 412 g/mol. The van der Waals surface area contributed by atoms with Gasteiger partial charge < -0.3 is 19.5 Å². The smallest absolute Gasteiger partial charge is 0.262 e. The van der Waals surface area contributed by atoms with Crippen molar-refractivity contribution in [1.29, 1.82) is 0 Å². The first-order valence-corrected chi connectivity index (χ1v) is 8.60. The van der Waals surface area contributed by atoms with Crippen LogP contribution in [0.1, 0.15) is 13.8 Å². The van der Waals surface area contributed by atoms with E-state index < -0.39 is 11.7 Å². The SMILES string of the molecule is CCOc1ccc(OCC)c(NC(=O)COc2ccc(Br)cc2F)c1. The summed E-state index contributed by atoms with van der Waals surface area (Å²) in [7, 11) is 0. The van der Waals surface area contributed by atoms with E-state index in [0.717, 1.165) is 0 Å². The maximum absolute atomic E-state index is 13.7. The number of rotatable bonds is 8. The minimum atomic E-state index is -0.546. The monoisotopic (exact) mass is 411 g/mol. The van der Waals surface area contributed by atoms with Gasteiger partial charge in [0.15, 0.2) is 18.2 Å². The van der Waals surface area contributed by atoms with Crippen molar-refractivity contribution < 1.29 is 23.4 Å². The predicted molar refractivity (Wildman–Crippen MR) is 97.0 cm³/mol. The van der Waals surface area contributed by atoms with Crippen LogP contribution in [-0.4, -0.2) is 25.7 Å². The Kier molecular flexibility index (Phi) is 7.06. The summed E-state index contributed by atoms with van der Waals surface area (Å²) in [6, 6.07) is 9.51. The zero-order valence-electron chi connectivity index (χ0n) is 14.0. The molecule has 7 heteroatoms. The molecule has 0 bridgehead atoms. The molecular weight excluding hydrogens is 393 g/mol. The van der Waals surface area contributed by atoms with Crippen LogP contribution in [0.2, 0.25) is 0 Å². The van der Waals surface area contributed by atoms with Gasteiger partial charge in [-0.2, -0.15) is 0 Å². The standard InChI is InChI=1S/C18H19BrFNO4/c1-3-23-13-6-8-17(24-4-2)15(10-13)21-18(22)11-25-16-7-5-12(19)9-14(16)20/h5-10H,3-4,11H2,1-2H3,(H,21,22). The van der Waals surface area contributed by atoms with E-state index in [2.05, 4.69) is 21.2 Å². The first-order valence-electron chi connectivity index (χ1n) is 7.80. The number of nitrogens with one attached hydrogen (secondary N) is 1. The average Bonchev–Trinajstić information content (AvgIpc) is 2.57. The molecule has 134 valence electrons. The quantitative estimate of drug-likeness (QED) is 0.698. The zero-order valence-corrected chi connectivity index (χ0v) is 15.6. The number of anilines is 1. The summed E-state index contributed by atoms with van der Waals surface area (Å²) in [4.78, 5) is 12.1. The molecule has 1 amide bonds. The summed E-state index contributed by atoms with van der Waals surface area (Å²) in [6.07, 6.45) is 0. The first-order chi connectivity index (χ1) is 12.0. The van der Waals surface area contributed by atoms with Crippen LogP contribution in [0.3, 0.4) is 0 Å². The molecule has 2 aromatic carbocycles. The van der Waals surface area contributed by atoms with Gasteiger partial charge in [-0.05, 0) is 44.2 Å². The maximum Gasteiger partial charge on any atom is 0.262 e. The van der Waals surface area contributed by atoms with Gasteiger partial charge in [0.05, 0.1) is 18.9 Å². The van der Waals surface area contributed by atoms with Gasteiger partial charge in [0.2, 0.25) is 0 Å². The Balaban J connectivity index is 2.04. The second-order valence-electron chi connectivity index (χ2n) is 4.94. The lowest BCUT2D eigenvalue weighted by Gasteiger charge is -2.14. The van der Waals surface area contributed by atoms with Crippen molar-refractivity contribution in [3.05, 3.63) is 46.7 Å². The molecule has 2 rings (SSSR count). The Morgan fingerprint density at radius 1 is 1.04 bits per heavy atom. The van der Waals surface area contributed by atoms with Crippen LogP contribution in [0, 0.1) is 5.82 Å². The molecule has 0 aromatic heterocycles. The molecule has 0 spiro atoms. The number of hydrogen-bond acceptors (Lipinski definition) is 4. The van der Waals surface area contributed by atoms with Crippen LogP contribution >= 0.6 is 15.9 Å². The van der Waals surface area contributed by atoms with Gasteiger partial charge in [-0.1, -0.05) is 15.9 Å². The van der Waals surface area contributed by atoms with Gasteiger partial charge >= 0.3 is 0 Å². The van der Waals surface area contributed by atoms with E-state index in [1.165, 1.54) is 12.1 Å². The molecule has 0 heterocycles. The van der Waals surface area contributed by atoms with E-state index in [9.17, 15) is 9.18 Å². The second-order valence-corrected chi connectivity index (χ2v) is 5.85. The van der Waals surface area contributed by atoms with E-state index >= 15 is 0 Å². The minimum Gasteiger partial charge on any atom is -0.494 e. The summed E-state index contributed by atoms with van der Waals surface area (Å²) in [5.74, 6) is 0.161. The van der Waals surface area contributed by atoms with E-state index in [1.54, 1.807) is 24.3 Å². The third-order valence-corrected chi connectivity index (χ3v) is 3.58. The van der Waals surface area contributed by atoms with Crippen LogP contribution in [0.15, 0.2) is 40.9 Å². The lowest BCUT2D eigenvalue weighted by Crippen LogP contribution is -2.21. The van der Waals surface area contributed by atoms with Gasteiger partial charge in [0.1, 0.15) is 11.5 Å². The number of ether oxygens (including phenoxy) is 3. The van der Waals surface area contributed by atoms with Crippen molar-refractivity contribution in [1.82, 2.24) is 0 Å². The van der Waals surface area contributed by atoms with E-state index in [-0.39, 0.29) is 12.4 Å². The van der Waals surface area contributed by atoms with Crippen molar-refractivity contribution in [3.63, 3.8) is 0 Å². The molecule has 2 aromatic rings. The van der Waals surface area contributed by atoms with Gasteiger partial charge in [-0.3, -0.25) is 4.79 Å². The summed E-state index contributed by atoms with van der Waals surface area (Å²) >= 11 is 3.16. The summed E-state index contributed by atoms with van der Waals surface area (Å²) in [6.45, 7) is 4.35. The second kappa shape index (κ2) is 9.27. The van der Waals surface area contributed by atoms with Crippen LogP contribution in [-0.2, 0) is 4.79 Å². The highest BCUT2D eigenvalue weighted by atomic mass is 79.9. The molecule has 5 nitrogen and oxygen atoms in total. The van der Waals surface area contributed by atoms with Crippen molar-refractivity contribution in [3.8, 4) is 17.2 Å². The Bertz CT molecular complexity index is 739. The Hall–Kier alpha value is -2.28. The molecule has 0 saturated carbocycles. The Labute approximate surface area is 154 Å². The first kappa shape index (κ1) is 19.1. The number of amides is 1. The fourth-order valence-corrected chi connectivity index (χ4v) is 2.40. The highest BCUT2D eigenvalue weighted by Gasteiger charge is 2.12. The zero-order chi connectivity index (χ0) is 18.2. The molecule has 0 radical (unpaired) electrons. The largest absolute Gasteiger partial charge is 0.494 e. The Morgan fingerprint density at radius 2 is 1.76 bits per heavy atom. The van der Waals surface area contributed by atoms with Gasteiger partial charge in [-0.25, -0.2) is 4.39 Å². The molecule has 25 heavy (non-hydrogen) atoms. The van der Waals surface area contributed by atoms with Crippen molar-refractivity contribution in [2.75, 3.05) is 25.1 Å². The van der Waals surface area contributed by atoms with Crippen LogP contribution in [0.5, 0.6) is 17.2 Å². The molecule has 0 aliphatic carbocycles. The highest BCUT2D eigenvalue weighted by Crippen LogP contribution is 2.29. The number of halogens is 2. The predicted octanol–water partition coefficient (Wildman–Crippen LogP) is 4.40. The van der Waals surface area contributed by atoms with E-state index in [4.69, 9.17) is 14.2 Å². The van der Waals surface area contributed by atoms with Gasteiger partial charge in [-0.15, -0.1) is 0 Å². The summed E-state index contributed by atoms with van der Waals surface area (Å²) in [5, 5.41) is 2.69. The maximum atomic E-state index is 13.7. The van der Waals surface area contributed by atoms with Gasteiger partial charge in [0, 0.05) is 10.5 Å². The molecule has 0 atom stereocenters. The van der Waals surface area contributed by atoms with E-state index in [0.29, 0.717) is 34.9 Å². The number of hydrogen-bond donors (Lipinski definition) is 1. The normalized spacial score (nSPS) is 10.2. The molecule has 0 fully saturated rings. The topological polar surface area (TPSA) is 56.8 Å². The summed E-state index contributed by atoms with van der Waals surface area (Å²) < 4.78 is 30.4. The Morgan fingerprint density at radius 3 is 2.44 bits per heavy atom. The fourth-order valence-electron chi connectivity index (χ4n) is 2.07. The number of carbonyl (C=O) groups is 1. The fraction of sp³-hybridized carbons (Fsp3) is 0.278. The van der Waals surface area contributed by atoms with E-state index in [1.807, 2.05) is 13.8 Å². The number of benzene rings is 2. The van der Waals surface area contributed by atoms with Crippen molar-refractivity contribution in [2.24, 2.45) is 0 Å². The molecule has 0 aliphatic rings. The third-order valence-electron chi connectivity index (χ3n) is 3.09. The minimum absolute atomic E-state index is 0.00597. The molecule has 0 unspecified atom stereocenters. The van der Waals surface area contributed by atoms with Crippen molar-refractivity contribution >= 4 is 27.5 Å². The van der Waals surface area contributed by atoms with Gasteiger partial charge in [0.25, 0.3) is 5.91 Å². The van der Waals surface area contributed by atoms with Crippen molar-refractivity contribution in [2.45, 2.75) is 13.8 Å². The lowest BCUT2D eigenvalue weighted by atomic mass is 10.2. The molecule has 1 N–H and O–H groups in total. The number of carbonyl (C=O) groups excluding carboxylic acids is 1. The third kappa shape index (κ3) is 5.63.